The van der Waals surface area contributed by atoms with E-state index >= 15 is 0 Å². The lowest BCUT2D eigenvalue weighted by Gasteiger charge is -2.13. The maximum Gasteiger partial charge on any atom is 0.327 e. The van der Waals surface area contributed by atoms with Crippen LogP contribution in [0.4, 0.5) is 0 Å². The summed E-state index contributed by atoms with van der Waals surface area (Å²) in [5.74, 6) is -0.309. The molecular weight excluding hydrogens is 340 g/mol. The second-order valence-electron chi connectivity index (χ2n) is 7.50. The van der Waals surface area contributed by atoms with Crippen LogP contribution in [0.25, 0.3) is 0 Å². The highest BCUT2D eigenvalue weighted by atomic mass is 16.4. The molecule has 1 aromatic rings. The minimum atomic E-state index is -0.917. The molecule has 0 heterocycles. The Bertz CT molecular complexity index is 579. The van der Waals surface area contributed by atoms with Crippen molar-refractivity contribution in [2.24, 2.45) is 11.8 Å². The average Bonchev–Trinajstić information content (AvgIpc) is 2.64. The van der Waals surface area contributed by atoms with Gasteiger partial charge in [-0.15, -0.1) is 0 Å². The van der Waals surface area contributed by atoms with Crippen molar-refractivity contribution in [3.05, 3.63) is 42.0 Å². The van der Waals surface area contributed by atoms with Crippen molar-refractivity contribution in [1.29, 1.82) is 0 Å². The molecule has 150 valence electrons. The van der Waals surface area contributed by atoms with Gasteiger partial charge in [-0.05, 0) is 42.9 Å². The van der Waals surface area contributed by atoms with Gasteiger partial charge in [0.05, 0.1) is 0 Å². The standard InChI is InChI=1S/C23H34O4/c1-19(18-24)10-7-5-3-2-4-6-8-11-20(14-15-23(26)27)16-21-12-9-13-22(25)17-21/h9,12-15,17-20,25H,2-8,10-11,16H2,1H3,(H,26,27)/b15-14+/t19-,20+/m0/s1. The Morgan fingerprint density at radius 3 is 2.26 bits per heavy atom. The van der Waals surface area contributed by atoms with Crippen LogP contribution in [0.2, 0.25) is 0 Å². The highest BCUT2D eigenvalue weighted by Gasteiger charge is 2.08. The Morgan fingerprint density at radius 2 is 1.67 bits per heavy atom. The number of benzene rings is 1. The van der Waals surface area contributed by atoms with E-state index in [0.717, 1.165) is 50.4 Å². The Hall–Kier alpha value is -2.10. The van der Waals surface area contributed by atoms with Crippen LogP contribution in [0.1, 0.15) is 70.3 Å². The number of carboxylic acids is 1. The second kappa shape index (κ2) is 14.0. The number of allylic oxidation sites excluding steroid dienone is 1. The number of unbranched alkanes of at least 4 members (excludes halogenated alkanes) is 6. The van der Waals surface area contributed by atoms with Crippen molar-refractivity contribution in [1.82, 2.24) is 0 Å². The Kier molecular flexibility index (Phi) is 11.9. The molecule has 0 spiro atoms. The van der Waals surface area contributed by atoms with E-state index in [4.69, 9.17) is 5.11 Å². The highest BCUT2D eigenvalue weighted by molar-refractivity contribution is 5.79. The van der Waals surface area contributed by atoms with E-state index in [1.54, 1.807) is 18.2 Å². The molecule has 0 unspecified atom stereocenters. The molecule has 1 rings (SSSR count). The zero-order valence-electron chi connectivity index (χ0n) is 16.5. The second-order valence-corrected chi connectivity index (χ2v) is 7.50. The molecule has 2 atom stereocenters. The van der Waals surface area contributed by atoms with E-state index < -0.39 is 5.97 Å². The first-order valence-electron chi connectivity index (χ1n) is 10.2. The average molecular weight is 375 g/mol. The first kappa shape index (κ1) is 22.9. The summed E-state index contributed by atoms with van der Waals surface area (Å²) in [7, 11) is 0. The fourth-order valence-electron chi connectivity index (χ4n) is 3.30. The predicted octanol–water partition coefficient (Wildman–Crippen LogP) is 5.54. The molecule has 0 bridgehead atoms. The number of phenolic OH excluding ortho intramolecular Hbond substituents is 1. The Morgan fingerprint density at radius 1 is 1.04 bits per heavy atom. The van der Waals surface area contributed by atoms with Gasteiger partial charge in [0.1, 0.15) is 12.0 Å². The number of hydrogen-bond donors (Lipinski definition) is 2. The van der Waals surface area contributed by atoms with E-state index in [-0.39, 0.29) is 17.6 Å². The topological polar surface area (TPSA) is 74.6 Å². The zero-order valence-corrected chi connectivity index (χ0v) is 16.5. The normalized spacial score (nSPS) is 13.5. The van der Waals surface area contributed by atoms with E-state index in [1.165, 1.54) is 31.8 Å². The third-order valence-electron chi connectivity index (χ3n) is 4.89. The third-order valence-corrected chi connectivity index (χ3v) is 4.89. The lowest BCUT2D eigenvalue weighted by Crippen LogP contribution is -2.03. The Labute approximate surface area is 163 Å². The molecular formula is C23H34O4. The number of carbonyl (C=O) groups excluding carboxylic acids is 1. The summed E-state index contributed by atoms with van der Waals surface area (Å²) >= 11 is 0. The number of aromatic hydroxyl groups is 1. The lowest BCUT2D eigenvalue weighted by atomic mass is 9.92. The SMILES string of the molecule is C[C@H](C=O)CCCCCCCCC[C@H](/C=C/C(=O)O)Cc1cccc(O)c1. The largest absolute Gasteiger partial charge is 0.508 e. The summed E-state index contributed by atoms with van der Waals surface area (Å²) in [6.07, 6.45) is 14.9. The van der Waals surface area contributed by atoms with Gasteiger partial charge in [0.15, 0.2) is 0 Å². The molecule has 0 fully saturated rings. The van der Waals surface area contributed by atoms with Crippen LogP contribution in [0.15, 0.2) is 36.4 Å². The van der Waals surface area contributed by atoms with Gasteiger partial charge in [-0.3, -0.25) is 0 Å². The summed E-state index contributed by atoms with van der Waals surface area (Å²) < 4.78 is 0. The van der Waals surface area contributed by atoms with Gasteiger partial charge in [0.2, 0.25) is 0 Å². The summed E-state index contributed by atoms with van der Waals surface area (Å²) in [4.78, 5) is 21.4. The molecule has 0 amide bonds. The van der Waals surface area contributed by atoms with Crippen LogP contribution >= 0.6 is 0 Å². The van der Waals surface area contributed by atoms with Crippen LogP contribution < -0.4 is 0 Å². The first-order valence-corrected chi connectivity index (χ1v) is 10.2. The molecule has 0 aromatic heterocycles. The Balaban J connectivity index is 2.25. The van der Waals surface area contributed by atoms with Crippen molar-refractivity contribution >= 4 is 12.3 Å². The van der Waals surface area contributed by atoms with Gasteiger partial charge in [0, 0.05) is 12.0 Å². The van der Waals surface area contributed by atoms with E-state index in [0.29, 0.717) is 0 Å². The highest BCUT2D eigenvalue weighted by Crippen LogP contribution is 2.21. The molecule has 0 saturated carbocycles. The molecule has 0 aliphatic carbocycles. The number of aldehydes is 1. The number of carbonyl (C=O) groups is 2. The fraction of sp³-hybridized carbons (Fsp3) is 0.565. The summed E-state index contributed by atoms with van der Waals surface area (Å²) in [5.41, 5.74) is 1.03. The molecule has 0 radical (unpaired) electrons. The molecule has 0 aliphatic heterocycles. The van der Waals surface area contributed by atoms with Crippen molar-refractivity contribution in [3.8, 4) is 5.75 Å². The van der Waals surface area contributed by atoms with Crippen molar-refractivity contribution < 1.29 is 19.8 Å². The number of hydrogen-bond acceptors (Lipinski definition) is 3. The van der Waals surface area contributed by atoms with E-state index in [2.05, 4.69) is 0 Å². The van der Waals surface area contributed by atoms with Crippen LogP contribution in [-0.2, 0) is 16.0 Å². The summed E-state index contributed by atoms with van der Waals surface area (Å²) in [6.45, 7) is 1.97. The minimum Gasteiger partial charge on any atom is -0.508 e. The van der Waals surface area contributed by atoms with Crippen LogP contribution in [0.5, 0.6) is 5.75 Å². The maximum absolute atomic E-state index is 10.8. The van der Waals surface area contributed by atoms with Gasteiger partial charge in [-0.25, -0.2) is 4.79 Å². The van der Waals surface area contributed by atoms with Gasteiger partial charge in [-0.2, -0.15) is 0 Å². The number of carboxylic acid groups (broad SMARTS) is 1. The smallest absolute Gasteiger partial charge is 0.327 e. The van der Waals surface area contributed by atoms with Crippen LogP contribution in [-0.4, -0.2) is 22.5 Å². The predicted molar refractivity (Wildman–Crippen MR) is 109 cm³/mol. The molecule has 4 heteroatoms. The quantitative estimate of drug-likeness (QED) is 0.240. The fourth-order valence-corrected chi connectivity index (χ4v) is 3.30. The molecule has 27 heavy (non-hydrogen) atoms. The first-order chi connectivity index (χ1) is 13.0. The van der Waals surface area contributed by atoms with E-state index in [1.807, 2.05) is 19.1 Å². The van der Waals surface area contributed by atoms with Crippen LogP contribution in [0.3, 0.4) is 0 Å². The van der Waals surface area contributed by atoms with E-state index in [9.17, 15) is 14.7 Å². The van der Waals surface area contributed by atoms with Crippen molar-refractivity contribution in [2.75, 3.05) is 0 Å². The summed E-state index contributed by atoms with van der Waals surface area (Å²) in [5, 5.41) is 18.5. The summed E-state index contributed by atoms with van der Waals surface area (Å²) in [6, 6.07) is 7.17. The van der Waals surface area contributed by atoms with Crippen molar-refractivity contribution in [3.63, 3.8) is 0 Å². The number of phenols is 1. The molecule has 2 N–H and O–H groups in total. The third kappa shape index (κ3) is 12.0. The zero-order chi connectivity index (χ0) is 19.9. The van der Waals surface area contributed by atoms with Crippen molar-refractivity contribution in [2.45, 2.75) is 71.1 Å². The lowest BCUT2D eigenvalue weighted by molar-refractivity contribution is -0.131. The maximum atomic E-state index is 10.8. The molecule has 0 saturated heterocycles. The molecule has 4 nitrogen and oxygen atoms in total. The minimum absolute atomic E-state index is 0.174. The van der Waals surface area contributed by atoms with Crippen LogP contribution in [0, 0.1) is 11.8 Å². The van der Waals surface area contributed by atoms with Gasteiger partial charge >= 0.3 is 5.97 Å². The van der Waals surface area contributed by atoms with Gasteiger partial charge < -0.3 is 15.0 Å². The number of aliphatic carboxylic acids is 1. The monoisotopic (exact) mass is 374 g/mol. The van der Waals surface area contributed by atoms with Gasteiger partial charge in [-0.1, -0.05) is 70.1 Å². The number of rotatable bonds is 15. The molecule has 0 aliphatic rings. The van der Waals surface area contributed by atoms with Gasteiger partial charge in [0.25, 0.3) is 0 Å². The molecule has 1 aromatic carbocycles.